The molecule has 0 aromatic heterocycles. The van der Waals surface area contributed by atoms with E-state index in [0.29, 0.717) is 25.2 Å². The summed E-state index contributed by atoms with van der Waals surface area (Å²) in [5.74, 6) is 0.248. The maximum absolute atomic E-state index is 12.0. The van der Waals surface area contributed by atoms with Gasteiger partial charge in [0, 0.05) is 50.7 Å². The highest BCUT2D eigenvalue weighted by molar-refractivity contribution is 5.83. The maximum atomic E-state index is 12.0. The quantitative estimate of drug-likeness (QED) is 0.541. The Bertz CT molecular complexity index is 497. The first-order valence-electron chi connectivity index (χ1n) is 9.63. The van der Waals surface area contributed by atoms with Crippen molar-refractivity contribution in [3.63, 3.8) is 0 Å². The van der Waals surface area contributed by atoms with E-state index in [9.17, 15) is 19.2 Å². The van der Waals surface area contributed by atoms with Crippen LogP contribution in [0.1, 0.15) is 65.2 Å². The Morgan fingerprint density at radius 3 is 2.08 bits per heavy atom. The third-order valence-corrected chi connectivity index (χ3v) is 4.82. The van der Waals surface area contributed by atoms with Gasteiger partial charge in [-0.2, -0.15) is 0 Å². The van der Waals surface area contributed by atoms with Gasteiger partial charge >= 0.3 is 0 Å². The van der Waals surface area contributed by atoms with Crippen molar-refractivity contribution in [2.75, 3.05) is 13.6 Å². The Kier molecular flexibility index (Phi) is 9.91. The maximum Gasteiger partial charge on any atom is 0.221 e. The number of ketones is 1. The lowest BCUT2D eigenvalue weighted by molar-refractivity contribution is -0.127. The summed E-state index contributed by atoms with van der Waals surface area (Å²) in [7, 11) is 1.55. The van der Waals surface area contributed by atoms with Gasteiger partial charge in [-0.1, -0.05) is 13.8 Å². The molecule has 148 valence electrons. The fourth-order valence-electron chi connectivity index (χ4n) is 3.23. The van der Waals surface area contributed by atoms with Crippen LogP contribution in [0.3, 0.4) is 0 Å². The lowest BCUT2D eigenvalue weighted by Crippen LogP contribution is -2.39. The number of hydrogen-bond acceptors (Lipinski definition) is 4. The van der Waals surface area contributed by atoms with Crippen LogP contribution in [0.25, 0.3) is 0 Å². The van der Waals surface area contributed by atoms with Gasteiger partial charge in [-0.15, -0.1) is 0 Å². The van der Waals surface area contributed by atoms with E-state index in [1.807, 2.05) is 13.8 Å². The van der Waals surface area contributed by atoms with E-state index in [1.165, 1.54) is 0 Å². The van der Waals surface area contributed by atoms with Crippen LogP contribution >= 0.6 is 0 Å². The minimum absolute atomic E-state index is 0.0400. The highest BCUT2D eigenvalue weighted by Crippen LogP contribution is 2.27. The second kappa shape index (κ2) is 11.6. The van der Waals surface area contributed by atoms with Gasteiger partial charge in [0.1, 0.15) is 5.78 Å². The molecule has 1 saturated carbocycles. The van der Waals surface area contributed by atoms with Crippen molar-refractivity contribution in [3.05, 3.63) is 0 Å². The summed E-state index contributed by atoms with van der Waals surface area (Å²) >= 11 is 0. The molecule has 26 heavy (non-hydrogen) atoms. The van der Waals surface area contributed by atoms with Crippen molar-refractivity contribution in [2.24, 2.45) is 11.8 Å². The highest BCUT2D eigenvalue weighted by atomic mass is 16.2. The number of rotatable bonds is 10. The van der Waals surface area contributed by atoms with Gasteiger partial charge in [-0.3, -0.25) is 19.2 Å². The Hall–Kier alpha value is -1.92. The summed E-state index contributed by atoms with van der Waals surface area (Å²) in [4.78, 5) is 46.7. The first kappa shape index (κ1) is 22.1. The number of carbonyl (C=O) groups excluding carboxylic acids is 4. The number of hydrogen-bond donors (Lipinski definition) is 3. The minimum Gasteiger partial charge on any atom is -0.359 e. The predicted octanol–water partition coefficient (Wildman–Crippen LogP) is 1.31. The summed E-state index contributed by atoms with van der Waals surface area (Å²) in [5.41, 5.74) is 0. The summed E-state index contributed by atoms with van der Waals surface area (Å²) in [5, 5.41) is 8.16. The molecule has 0 atom stereocenters. The zero-order valence-electron chi connectivity index (χ0n) is 16.2. The monoisotopic (exact) mass is 367 g/mol. The molecule has 0 aromatic rings. The molecule has 3 amide bonds. The smallest absolute Gasteiger partial charge is 0.221 e. The second-order valence-corrected chi connectivity index (χ2v) is 7.30. The van der Waals surface area contributed by atoms with Crippen molar-refractivity contribution in [1.29, 1.82) is 0 Å². The van der Waals surface area contributed by atoms with E-state index in [1.54, 1.807) is 7.05 Å². The SMILES string of the molecule is CNC(=O)CCNC(=O)CCCC(=O)NC1CCC(C(=O)C(C)C)CC1. The Labute approximate surface area is 156 Å². The lowest BCUT2D eigenvalue weighted by Gasteiger charge is -2.29. The second-order valence-electron chi connectivity index (χ2n) is 7.30. The molecule has 0 spiro atoms. The summed E-state index contributed by atoms with van der Waals surface area (Å²) in [6, 6.07) is 0.139. The Morgan fingerprint density at radius 1 is 0.885 bits per heavy atom. The van der Waals surface area contributed by atoms with Gasteiger partial charge in [0.25, 0.3) is 0 Å². The molecule has 0 bridgehead atoms. The van der Waals surface area contributed by atoms with Crippen molar-refractivity contribution in [2.45, 2.75) is 71.3 Å². The third kappa shape index (κ3) is 8.45. The molecule has 0 radical (unpaired) electrons. The minimum atomic E-state index is -0.144. The normalized spacial score (nSPS) is 19.7. The van der Waals surface area contributed by atoms with Crippen molar-refractivity contribution in [1.82, 2.24) is 16.0 Å². The molecule has 0 aliphatic heterocycles. The van der Waals surface area contributed by atoms with Gasteiger partial charge in [-0.05, 0) is 32.1 Å². The molecule has 1 aliphatic carbocycles. The van der Waals surface area contributed by atoms with Gasteiger partial charge in [0.15, 0.2) is 0 Å². The zero-order valence-corrected chi connectivity index (χ0v) is 16.2. The molecule has 0 heterocycles. The van der Waals surface area contributed by atoms with Crippen molar-refractivity contribution >= 4 is 23.5 Å². The van der Waals surface area contributed by atoms with E-state index >= 15 is 0 Å². The van der Waals surface area contributed by atoms with Crippen molar-refractivity contribution in [3.8, 4) is 0 Å². The topological polar surface area (TPSA) is 104 Å². The fourth-order valence-corrected chi connectivity index (χ4v) is 3.23. The zero-order chi connectivity index (χ0) is 19.5. The van der Waals surface area contributed by atoms with E-state index in [4.69, 9.17) is 0 Å². The van der Waals surface area contributed by atoms with Crippen LogP contribution in [0.15, 0.2) is 0 Å². The van der Waals surface area contributed by atoms with E-state index in [-0.39, 0.29) is 48.4 Å². The third-order valence-electron chi connectivity index (χ3n) is 4.82. The Balaban J connectivity index is 2.13. The predicted molar refractivity (Wildman–Crippen MR) is 99.3 cm³/mol. The highest BCUT2D eigenvalue weighted by Gasteiger charge is 2.28. The molecular weight excluding hydrogens is 334 g/mol. The lowest BCUT2D eigenvalue weighted by atomic mass is 9.80. The van der Waals surface area contributed by atoms with Gasteiger partial charge in [0.2, 0.25) is 17.7 Å². The molecule has 0 unspecified atom stereocenters. The summed E-state index contributed by atoms with van der Waals surface area (Å²) < 4.78 is 0. The van der Waals surface area contributed by atoms with E-state index in [0.717, 1.165) is 25.7 Å². The molecule has 7 nitrogen and oxygen atoms in total. The molecular formula is C19H33N3O4. The molecule has 1 fully saturated rings. The molecule has 1 rings (SSSR count). The Morgan fingerprint density at radius 2 is 1.50 bits per heavy atom. The molecule has 7 heteroatoms. The first-order chi connectivity index (χ1) is 12.3. The molecule has 1 aliphatic rings. The fraction of sp³-hybridized carbons (Fsp3) is 0.789. The van der Waals surface area contributed by atoms with E-state index in [2.05, 4.69) is 16.0 Å². The van der Waals surface area contributed by atoms with Crippen LogP contribution in [-0.4, -0.2) is 43.1 Å². The van der Waals surface area contributed by atoms with Crippen LogP contribution in [0.2, 0.25) is 0 Å². The van der Waals surface area contributed by atoms with Crippen LogP contribution in [0, 0.1) is 11.8 Å². The molecule has 0 saturated heterocycles. The standard InChI is InChI=1S/C19H33N3O4/c1-13(2)19(26)14-7-9-15(10-8-14)22-18(25)6-4-5-17(24)21-12-11-16(23)20-3/h13-15H,4-12H2,1-3H3,(H,20,23)(H,21,24)(H,22,25). The van der Waals surface area contributed by atoms with Gasteiger partial charge in [-0.25, -0.2) is 0 Å². The summed E-state index contributed by atoms with van der Waals surface area (Å²) in [6.07, 6.45) is 4.70. The van der Waals surface area contributed by atoms with Crippen LogP contribution < -0.4 is 16.0 Å². The average Bonchev–Trinajstić information content (AvgIpc) is 2.61. The molecule has 0 aromatic carbocycles. The van der Waals surface area contributed by atoms with E-state index < -0.39 is 0 Å². The van der Waals surface area contributed by atoms with Crippen LogP contribution in [0.4, 0.5) is 0 Å². The van der Waals surface area contributed by atoms with Gasteiger partial charge < -0.3 is 16.0 Å². The van der Waals surface area contributed by atoms with Crippen LogP contribution in [-0.2, 0) is 19.2 Å². The number of nitrogens with one attached hydrogen (secondary N) is 3. The van der Waals surface area contributed by atoms with Crippen LogP contribution in [0.5, 0.6) is 0 Å². The summed E-state index contributed by atoms with van der Waals surface area (Å²) in [6.45, 7) is 4.18. The first-order valence-corrected chi connectivity index (χ1v) is 9.63. The number of carbonyl (C=O) groups is 4. The number of amides is 3. The molecule has 3 N–H and O–H groups in total. The number of Topliss-reactive ketones (excluding diaryl/α,β-unsaturated/α-hetero) is 1. The largest absolute Gasteiger partial charge is 0.359 e. The van der Waals surface area contributed by atoms with Crippen molar-refractivity contribution < 1.29 is 19.2 Å². The van der Waals surface area contributed by atoms with Gasteiger partial charge in [0.05, 0.1) is 0 Å². The average molecular weight is 367 g/mol.